The number of benzene rings is 1. The molecule has 1 aromatic carbocycles. The van der Waals surface area contributed by atoms with Gasteiger partial charge in [0.1, 0.15) is 5.82 Å². The molecule has 1 aliphatic heterocycles. The lowest BCUT2D eigenvalue weighted by Gasteiger charge is -2.37. The van der Waals surface area contributed by atoms with E-state index in [9.17, 15) is 4.39 Å². The van der Waals surface area contributed by atoms with Crippen LogP contribution in [-0.4, -0.2) is 19.6 Å². The maximum absolute atomic E-state index is 13.5. The van der Waals surface area contributed by atoms with Crippen molar-refractivity contribution in [1.82, 2.24) is 5.32 Å². The van der Waals surface area contributed by atoms with Gasteiger partial charge in [-0.25, -0.2) is 4.39 Å². The minimum Gasteiger partial charge on any atom is -0.371 e. The summed E-state index contributed by atoms with van der Waals surface area (Å²) in [6.45, 7) is 10.6. The van der Waals surface area contributed by atoms with Crippen molar-refractivity contribution in [3.63, 3.8) is 0 Å². The molecule has 2 nitrogen and oxygen atoms in total. The van der Waals surface area contributed by atoms with E-state index in [0.29, 0.717) is 11.8 Å². The molecule has 112 valence electrons. The molecule has 0 radical (unpaired) electrons. The zero-order valence-corrected chi connectivity index (χ0v) is 13.0. The van der Waals surface area contributed by atoms with Crippen molar-refractivity contribution in [3.8, 4) is 0 Å². The Balaban J connectivity index is 2.16. The topological polar surface area (TPSA) is 15.3 Å². The molecule has 0 saturated carbocycles. The van der Waals surface area contributed by atoms with Crippen LogP contribution in [0, 0.1) is 17.7 Å². The van der Waals surface area contributed by atoms with Crippen LogP contribution in [-0.2, 0) is 6.54 Å². The molecule has 2 atom stereocenters. The first-order valence-corrected chi connectivity index (χ1v) is 7.84. The zero-order valence-electron chi connectivity index (χ0n) is 13.0. The fraction of sp³-hybridized carbons (Fsp3) is 0.647. The summed E-state index contributed by atoms with van der Waals surface area (Å²) < 4.78 is 13.5. The van der Waals surface area contributed by atoms with E-state index in [2.05, 4.69) is 31.0 Å². The molecule has 0 bridgehead atoms. The molecule has 2 unspecified atom stereocenters. The summed E-state index contributed by atoms with van der Waals surface area (Å²) in [5.74, 6) is 1.28. The fourth-order valence-electron chi connectivity index (χ4n) is 3.26. The Morgan fingerprint density at radius 2 is 1.95 bits per heavy atom. The third-order valence-electron chi connectivity index (χ3n) is 3.99. The van der Waals surface area contributed by atoms with Crippen molar-refractivity contribution in [2.24, 2.45) is 11.8 Å². The fourth-order valence-corrected chi connectivity index (χ4v) is 3.26. The van der Waals surface area contributed by atoms with Gasteiger partial charge in [-0.1, -0.05) is 20.8 Å². The van der Waals surface area contributed by atoms with E-state index in [0.717, 1.165) is 38.2 Å². The molecule has 3 heteroatoms. The Hall–Kier alpha value is -1.09. The van der Waals surface area contributed by atoms with Crippen LogP contribution >= 0.6 is 0 Å². The third-order valence-corrected chi connectivity index (χ3v) is 3.99. The molecule has 20 heavy (non-hydrogen) atoms. The van der Waals surface area contributed by atoms with Gasteiger partial charge in [0.15, 0.2) is 0 Å². The highest BCUT2D eigenvalue weighted by Gasteiger charge is 2.23. The van der Waals surface area contributed by atoms with Crippen molar-refractivity contribution < 1.29 is 4.39 Å². The molecule has 1 heterocycles. The summed E-state index contributed by atoms with van der Waals surface area (Å²) in [6, 6.07) is 5.22. The summed E-state index contributed by atoms with van der Waals surface area (Å²) >= 11 is 0. The molecular formula is C17H27FN2. The minimum absolute atomic E-state index is 0.139. The summed E-state index contributed by atoms with van der Waals surface area (Å²) in [5, 5.41) is 3.39. The van der Waals surface area contributed by atoms with E-state index in [1.165, 1.54) is 12.1 Å². The molecule has 1 saturated heterocycles. The lowest BCUT2D eigenvalue weighted by atomic mass is 9.91. The molecule has 0 amide bonds. The van der Waals surface area contributed by atoms with Crippen molar-refractivity contribution in [2.45, 2.75) is 40.2 Å². The van der Waals surface area contributed by atoms with E-state index in [4.69, 9.17) is 0 Å². The Morgan fingerprint density at radius 3 is 2.60 bits per heavy atom. The average molecular weight is 278 g/mol. The summed E-state index contributed by atoms with van der Waals surface area (Å²) in [4.78, 5) is 2.43. The van der Waals surface area contributed by atoms with Crippen LogP contribution in [0.4, 0.5) is 10.1 Å². The molecular weight excluding hydrogens is 251 g/mol. The van der Waals surface area contributed by atoms with Crippen LogP contribution in [0.1, 0.15) is 39.2 Å². The molecule has 1 fully saturated rings. The van der Waals surface area contributed by atoms with Gasteiger partial charge in [0, 0.05) is 25.3 Å². The van der Waals surface area contributed by atoms with Gasteiger partial charge < -0.3 is 10.2 Å². The van der Waals surface area contributed by atoms with Crippen LogP contribution in [0.2, 0.25) is 0 Å². The monoisotopic (exact) mass is 278 g/mol. The van der Waals surface area contributed by atoms with Gasteiger partial charge in [-0.05, 0) is 55.0 Å². The first-order chi connectivity index (χ1) is 9.60. The van der Waals surface area contributed by atoms with Crippen LogP contribution in [0.15, 0.2) is 18.2 Å². The number of hydrogen-bond acceptors (Lipinski definition) is 2. The van der Waals surface area contributed by atoms with E-state index in [1.54, 1.807) is 12.1 Å². The van der Waals surface area contributed by atoms with E-state index >= 15 is 0 Å². The number of hydrogen-bond donors (Lipinski definition) is 1. The number of anilines is 1. The van der Waals surface area contributed by atoms with Gasteiger partial charge >= 0.3 is 0 Å². The standard InChI is InChI=1S/C17H27FN2/c1-4-7-19-10-15-9-16(18)5-6-17(15)20-11-13(2)8-14(3)12-20/h5-6,9,13-14,19H,4,7-8,10-12H2,1-3H3. The second-order valence-corrected chi connectivity index (χ2v) is 6.30. The predicted molar refractivity (Wildman–Crippen MR) is 83.6 cm³/mol. The van der Waals surface area contributed by atoms with Gasteiger partial charge in [0.25, 0.3) is 0 Å². The average Bonchev–Trinajstić information content (AvgIpc) is 2.38. The summed E-state index contributed by atoms with van der Waals surface area (Å²) in [7, 11) is 0. The van der Waals surface area contributed by atoms with E-state index in [-0.39, 0.29) is 5.82 Å². The Morgan fingerprint density at radius 1 is 1.25 bits per heavy atom. The van der Waals surface area contributed by atoms with Crippen molar-refractivity contribution in [1.29, 1.82) is 0 Å². The van der Waals surface area contributed by atoms with Crippen molar-refractivity contribution >= 4 is 5.69 Å². The van der Waals surface area contributed by atoms with Crippen LogP contribution in [0.25, 0.3) is 0 Å². The summed E-state index contributed by atoms with van der Waals surface area (Å²) in [5.41, 5.74) is 2.29. The Labute approximate surface area is 122 Å². The first kappa shape index (κ1) is 15.3. The van der Waals surface area contributed by atoms with Gasteiger partial charge in [-0.15, -0.1) is 0 Å². The number of nitrogens with zero attached hydrogens (tertiary/aromatic N) is 1. The highest BCUT2D eigenvalue weighted by molar-refractivity contribution is 5.54. The van der Waals surface area contributed by atoms with Gasteiger partial charge in [0.2, 0.25) is 0 Å². The van der Waals surface area contributed by atoms with Gasteiger partial charge in [0.05, 0.1) is 0 Å². The lowest BCUT2D eigenvalue weighted by Crippen LogP contribution is -2.39. The maximum atomic E-state index is 13.5. The summed E-state index contributed by atoms with van der Waals surface area (Å²) in [6.07, 6.45) is 2.39. The minimum atomic E-state index is -0.139. The van der Waals surface area contributed by atoms with E-state index in [1.807, 2.05) is 6.07 Å². The van der Waals surface area contributed by atoms with Crippen LogP contribution in [0.3, 0.4) is 0 Å². The largest absolute Gasteiger partial charge is 0.371 e. The van der Waals surface area contributed by atoms with Gasteiger partial charge in [-0.2, -0.15) is 0 Å². The SMILES string of the molecule is CCCNCc1cc(F)ccc1N1CC(C)CC(C)C1. The normalized spacial score (nSPS) is 23.1. The molecule has 1 aromatic rings. The Bertz CT molecular complexity index is 423. The first-order valence-electron chi connectivity index (χ1n) is 7.84. The smallest absolute Gasteiger partial charge is 0.123 e. The quantitative estimate of drug-likeness (QED) is 0.824. The molecule has 0 spiro atoms. The highest BCUT2D eigenvalue weighted by Crippen LogP contribution is 2.29. The maximum Gasteiger partial charge on any atom is 0.123 e. The van der Waals surface area contributed by atoms with Crippen LogP contribution < -0.4 is 10.2 Å². The van der Waals surface area contributed by atoms with Crippen LogP contribution in [0.5, 0.6) is 0 Å². The lowest BCUT2D eigenvalue weighted by molar-refractivity contribution is 0.356. The molecule has 0 aliphatic carbocycles. The number of piperidine rings is 1. The van der Waals surface area contributed by atoms with Crippen molar-refractivity contribution in [3.05, 3.63) is 29.6 Å². The zero-order chi connectivity index (χ0) is 14.5. The highest BCUT2D eigenvalue weighted by atomic mass is 19.1. The van der Waals surface area contributed by atoms with E-state index < -0.39 is 0 Å². The number of nitrogens with one attached hydrogen (secondary N) is 1. The second kappa shape index (κ2) is 7.07. The number of halogens is 1. The third kappa shape index (κ3) is 3.95. The predicted octanol–water partition coefficient (Wildman–Crippen LogP) is 3.81. The van der Waals surface area contributed by atoms with Crippen molar-refractivity contribution in [2.75, 3.05) is 24.5 Å². The number of rotatable bonds is 5. The molecule has 0 aromatic heterocycles. The molecule has 1 N–H and O–H groups in total. The molecule has 2 rings (SSSR count). The second-order valence-electron chi connectivity index (χ2n) is 6.30. The Kier molecular flexibility index (Phi) is 5.41. The van der Waals surface area contributed by atoms with Gasteiger partial charge in [-0.3, -0.25) is 0 Å². The molecule has 1 aliphatic rings.